The fourth-order valence-electron chi connectivity index (χ4n) is 1.39. The molecular formula is C9H17NO5. The molecule has 1 rings (SSSR count). The number of aliphatic hydroxyl groups is 3. The van der Waals surface area contributed by atoms with Gasteiger partial charge in [-0.15, -0.1) is 0 Å². The van der Waals surface area contributed by atoms with E-state index in [0.717, 1.165) is 6.42 Å². The average Bonchev–Trinajstić information content (AvgIpc) is 2.79. The van der Waals surface area contributed by atoms with Crippen LogP contribution in [0.1, 0.15) is 12.8 Å². The van der Waals surface area contributed by atoms with Crippen LogP contribution in [-0.2, 0) is 9.53 Å². The average molecular weight is 219 g/mol. The van der Waals surface area contributed by atoms with Crippen molar-refractivity contribution in [3.63, 3.8) is 0 Å². The third-order valence-electron chi connectivity index (χ3n) is 2.52. The zero-order valence-electron chi connectivity index (χ0n) is 8.48. The van der Waals surface area contributed by atoms with Crippen LogP contribution in [-0.4, -0.2) is 59.3 Å². The number of carbonyl (C=O) groups excluding carboxylic acids is 1. The minimum Gasteiger partial charge on any atom is -0.394 e. The highest BCUT2D eigenvalue weighted by Crippen LogP contribution is 2.13. The van der Waals surface area contributed by atoms with Gasteiger partial charge in [-0.3, -0.25) is 4.79 Å². The molecule has 0 saturated carbocycles. The first kappa shape index (κ1) is 12.4. The van der Waals surface area contributed by atoms with Crippen LogP contribution in [0.25, 0.3) is 0 Å². The van der Waals surface area contributed by atoms with Gasteiger partial charge in [0.1, 0.15) is 11.6 Å². The Balaban J connectivity index is 2.53. The second-order valence-corrected chi connectivity index (χ2v) is 3.75. The van der Waals surface area contributed by atoms with Crippen molar-refractivity contribution in [2.24, 2.45) is 0 Å². The summed E-state index contributed by atoms with van der Waals surface area (Å²) in [6.45, 7) is -1.00. The van der Waals surface area contributed by atoms with Crippen LogP contribution in [0.4, 0.5) is 0 Å². The molecule has 88 valence electrons. The SMILES string of the molecule is O=C(NC(CO)(CO)CO)[C@@H]1CCCO1. The largest absolute Gasteiger partial charge is 0.394 e. The molecule has 15 heavy (non-hydrogen) atoms. The van der Waals surface area contributed by atoms with Gasteiger partial charge in [0.15, 0.2) is 0 Å². The molecule has 1 fully saturated rings. The predicted molar refractivity (Wildman–Crippen MR) is 51.1 cm³/mol. The molecule has 0 aromatic rings. The van der Waals surface area contributed by atoms with Gasteiger partial charge in [-0.1, -0.05) is 0 Å². The lowest BCUT2D eigenvalue weighted by Gasteiger charge is -2.29. The lowest BCUT2D eigenvalue weighted by Crippen LogP contribution is -2.59. The van der Waals surface area contributed by atoms with E-state index < -0.39 is 37.4 Å². The van der Waals surface area contributed by atoms with Crippen molar-refractivity contribution in [3.05, 3.63) is 0 Å². The highest BCUT2D eigenvalue weighted by atomic mass is 16.5. The van der Waals surface area contributed by atoms with Gasteiger partial charge in [-0.05, 0) is 12.8 Å². The maximum atomic E-state index is 11.6. The monoisotopic (exact) mass is 219 g/mol. The first-order valence-corrected chi connectivity index (χ1v) is 4.93. The van der Waals surface area contributed by atoms with Crippen LogP contribution in [0.3, 0.4) is 0 Å². The number of aliphatic hydroxyl groups excluding tert-OH is 3. The van der Waals surface area contributed by atoms with E-state index in [1.165, 1.54) is 0 Å². The van der Waals surface area contributed by atoms with E-state index in [1.54, 1.807) is 0 Å². The molecule has 0 radical (unpaired) electrons. The summed E-state index contributed by atoms with van der Waals surface area (Å²) in [7, 11) is 0. The van der Waals surface area contributed by atoms with Gasteiger partial charge in [-0.25, -0.2) is 0 Å². The Morgan fingerprint density at radius 1 is 1.33 bits per heavy atom. The van der Waals surface area contributed by atoms with Crippen LogP contribution in [0.15, 0.2) is 0 Å². The third-order valence-corrected chi connectivity index (χ3v) is 2.52. The predicted octanol–water partition coefficient (Wildman–Crippen LogP) is -2.00. The Hall–Kier alpha value is -0.690. The lowest BCUT2D eigenvalue weighted by atomic mass is 10.0. The maximum absolute atomic E-state index is 11.6. The Labute approximate surface area is 87.9 Å². The molecule has 6 heteroatoms. The minimum atomic E-state index is -1.36. The number of carbonyl (C=O) groups is 1. The first-order chi connectivity index (χ1) is 7.17. The molecule has 0 aliphatic carbocycles. The normalized spacial score (nSPS) is 21.7. The van der Waals surface area contributed by atoms with Gasteiger partial charge in [0, 0.05) is 6.61 Å². The summed E-state index contributed by atoms with van der Waals surface area (Å²) in [6.07, 6.45) is 0.918. The van der Waals surface area contributed by atoms with Gasteiger partial charge >= 0.3 is 0 Å². The molecule has 1 amide bonds. The van der Waals surface area contributed by atoms with E-state index in [1.807, 2.05) is 0 Å². The third kappa shape index (κ3) is 2.88. The molecule has 0 aromatic carbocycles. The molecule has 1 heterocycles. The van der Waals surface area contributed by atoms with Crippen molar-refractivity contribution in [2.45, 2.75) is 24.5 Å². The standard InChI is InChI=1S/C9H17NO5/c11-4-9(5-12,6-13)10-8(14)7-2-1-3-15-7/h7,11-13H,1-6H2,(H,10,14)/t7-/m0/s1. The number of hydrogen-bond acceptors (Lipinski definition) is 5. The summed E-state index contributed by atoms with van der Waals surface area (Å²) in [4.78, 5) is 11.6. The second kappa shape index (κ2) is 5.41. The van der Waals surface area contributed by atoms with Crippen molar-refractivity contribution in [1.29, 1.82) is 0 Å². The van der Waals surface area contributed by atoms with Crippen LogP contribution in [0.2, 0.25) is 0 Å². The van der Waals surface area contributed by atoms with E-state index in [4.69, 9.17) is 20.1 Å². The Morgan fingerprint density at radius 3 is 2.33 bits per heavy atom. The molecule has 0 bridgehead atoms. The number of amides is 1. The Kier molecular flexibility index (Phi) is 4.46. The van der Waals surface area contributed by atoms with Crippen LogP contribution in [0.5, 0.6) is 0 Å². The van der Waals surface area contributed by atoms with Crippen molar-refractivity contribution in [3.8, 4) is 0 Å². The molecular weight excluding hydrogens is 202 g/mol. The lowest BCUT2D eigenvalue weighted by molar-refractivity contribution is -0.134. The Morgan fingerprint density at radius 2 is 1.93 bits per heavy atom. The van der Waals surface area contributed by atoms with Gasteiger partial charge in [-0.2, -0.15) is 0 Å². The molecule has 4 N–H and O–H groups in total. The smallest absolute Gasteiger partial charge is 0.249 e. The molecule has 0 spiro atoms. The summed E-state index contributed by atoms with van der Waals surface area (Å²) < 4.78 is 5.14. The second-order valence-electron chi connectivity index (χ2n) is 3.75. The zero-order valence-corrected chi connectivity index (χ0v) is 8.48. The zero-order chi connectivity index (χ0) is 11.3. The van der Waals surface area contributed by atoms with Crippen molar-refractivity contribution >= 4 is 5.91 Å². The van der Waals surface area contributed by atoms with E-state index in [2.05, 4.69) is 5.32 Å². The van der Waals surface area contributed by atoms with Crippen LogP contribution in [0, 0.1) is 0 Å². The van der Waals surface area contributed by atoms with E-state index in [9.17, 15) is 4.79 Å². The fourth-order valence-corrected chi connectivity index (χ4v) is 1.39. The number of hydrogen-bond donors (Lipinski definition) is 4. The van der Waals surface area contributed by atoms with Gasteiger partial charge in [0.05, 0.1) is 19.8 Å². The molecule has 1 aliphatic rings. The summed E-state index contributed by atoms with van der Waals surface area (Å²) in [6, 6.07) is 0. The van der Waals surface area contributed by atoms with Gasteiger partial charge in [0.2, 0.25) is 5.91 Å². The molecule has 0 unspecified atom stereocenters. The summed E-state index contributed by atoms with van der Waals surface area (Å²) in [5.41, 5.74) is -1.36. The van der Waals surface area contributed by atoms with Crippen LogP contribution < -0.4 is 5.32 Å². The van der Waals surface area contributed by atoms with Crippen LogP contribution >= 0.6 is 0 Å². The molecule has 1 saturated heterocycles. The molecule has 1 aliphatic heterocycles. The quantitative estimate of drug-likeness (QED) is 0.428. The van der Waals surface area contributed by atoms with E-state index >= 15 is 0 Å². The summed E-state index contributed by atoms with van der Waals surface area (Å²) >= 11 is 0. The van der Waals surface area contributed by atoms with Crippen molar-refractivity contribution < 1.29 is 24.9 Å². The highest BCUT2D eigenvalue weighted by Gasteiger charge is 2.34. The minimum absolute atomic E-state index is 0.398. The molecule has 1 atom stereocenters. The highest BCUT2D eigenvalue weighted by molar-refractivity contribution is 5.81. The van der Waals surface area contributed by atoms with Gasteiger partial charge < -0.3 is 25.4 Å². The first-order valence-electron chi connectivity index (χ1n) is 4.93. The summed E-state index contributed by atoms with van der Waals surface area (Å²) in [5, 5.41) is 29.4. The molecule has 6 nitrogen and oxygen atoms in total. The molecule has 0 aromatic heterocycles. The van der Waals surface area contributed by atoms with Crippen molar-refractivity contribution in [1.82, 2.24) is 5.32 Å². The topological polar surface area (TPSA) is 99.0 Å². The number of nitrogens with one attached hydrogen (secondary N) is 1. The van der Waals surface area contributed by atoms with Crippen molar-refractivity contribution in [2.75, 3.05) is 26.4 Å². The number of ether oxygens (including phenoxy) is 1. The number of rotatable bonds is 5. The van der Waals surface area contributed by atoms with Gasteiger partial charge in [0.25, 0.3) is 0 Å². The maximum Gasteiger partial charge on any atom is 0.249 e. The van der Waals surface area contributed by atoms with E-state index in [0.29, 0.717) is 13.0 Å². The fraction of sp³-hybridized carbons (Fsp3) is 0.889. The Bertz CT molecular complexity index is 202. The van der Waals surface area contributed by atoms with E-state index in [-0.39, 0.29) is 0 Å². The summed E-state index contributed by atoms with van der Waals surface area (Å²) in [5.74, 6) is -0.398.